The fourth-order valence-electron chi connectivity index (χ4n) is 7.66. The molecule has 6 unspecified atom stereocenters. The first kappa shape index (κ1) is 15.2. The maximum absolute atomic E-state index is 7.02. The van der Waals surface area contributed by atoms with Crippen molar-refractivity contribution >= 4 is 0 Å². The Morgan fingerprint density at radius 2 is 1.73 bits per heavy atom. The van der Waals surface area contributed by atoms with Crippen LogP contribution in [-0.2, 0) is 0 Å². The second-order valence-electron chi connectivity index (χ2n) is 9.50. The van der Waals surface area contributed by atoms with Gasteiger partial charge in [0.2, 0.25) is 0 Å². The first-order valence-electron chi connectivity index (χ1n) is 9.89. The molecule has 0 aliphatic heterocycles. The minimum absolute atomic E-state index is 0.155. The molecule has 0 spiro atoms. The van der Waals surface area contributed by atoms with Crippen molar-refractivity contribution in [1.82, 2.24) is 0 Å². The van der Waals surface area contributed by atoms with Crippen LogP contribution in [0.3, 0.4) is 0 Å². The van der Waals surface area contributed by atoms with E-state index in [4.69, 9.17) is 5.73 Å². The molecule has 124 valence electrons. The molecule has 0 bridgehead atoms. The lowest BCUT2D eigenvalue weighted by atomic mass is 9.43. The summed E-state index contributed by atoms with van der Waals surface area (Å²) in [5, 5.41) is 0. The van der Waals surface area contributed by atoms with Gasteiger partial charge in [0, 0.05) is 5.54 Å². The molecular formula is C21H35N. The van der Waals surface area contributed by atoms with Gasteiger partial charge in [-0.1, -0.05) is 38.3 Å². The van der Waals surface area contributed by atoms with Crippen LogP contribution in [0.25, 0.3) is 0 Å². The Kier molecular flexibility index (Phi) is 3.36. The van der Waals surface area contributed by atoms with Gasteiger partial charge in [0.05, 0.1) is 0 Å². The van der Waals surface area contributed by atoms with Gasteiger partial charge in [-0.3, -0.25) is 0 Å². The van der Waals surface area contributed by atoms with E-state index in [2.05, 4.69) is 26.8 Å². The summed E-state index contributed by atoms with van der Waals surface area (Å²) in [5.41, 5.74) is 9.89. The Hall–Kier alpha value is -0.300. The summed E-state index contributed by atoms with van der Waals surface area (Å²) in [6, 6.07) is 0. The number of hydrogen-bond acceptors (Lipinski definition) is 1. The maximum atomic E-state index is 7.02. The number of allylic oxidation sites excluding steroid dienone is 2. The molecule has 0 aromatic rings. The molecular weight excluding hydrogens is 266 g/mol. The maximum Gasteiger partial charge on any atom is 0.0211 e. The van der Waals surface area contributed by atoms with E-state index in [9.17, 15) is 0 Å². The van der Waals surface area contributed by atoms with E-state index in [0.717, 1.165) is 17.8 Å². The smallest absolute Gasteiger partial charge is 0.0211 e. The highest BCUT2D eigenvalue weighted by Crippen LogP contribution is 2.67. The van der Waals surface area contributed by atoms with Crippen molar-refractivity contribution in [1.29, 1.82) is 0 Å². The lowest BCUT2D eigenvalue weighted by molar-refractivity contribution is -0.110. The number of fused-ring (bicyclic) bond motifs is 5. The van der Waals surface area contributed by atoms with Gasteiger partial charge in [0.1, 0.15) is 0 Å². The average molecular weight is 302 g/mol. The predicted octanol–water partition coefficient (Wildman–Crippen LogP) is 5.45. The summed E-state index contributed by atoms with van der Waals surface area (Å²) in [6.07, 6.45) is 16.3. The summed E-state index contributed by atoms with van der Waals surface area (Å²) >= 11 is 0. The molecule has 0 radical (unpaired) electrons. The highest BCUT2D eigenvalue weighted by Gasteiger charge is 2.61. The fraction of sp³-hybridized carbons (Fsp3) is 0.905. The van der Waals surface area contributed by atoms with E-state index in [1.807, 2.05) is 0 Å². The van der Waals surface area contributed by atoms with Crippen LogP contribution in [0.15, 0.2) is 11.6 Å². The number of rotatable bonds is 0. The van der Waals surface area contributed by atoms with Gasteiger partial charge in [-0.15, -0.1) is 0 Å². The monoisotopic (exact) mass is 301 g/mol. The molecule has 0 amide bonds. The lowest BCUT2D eigenvalue weighted by Gasteiger charge is -2.64. The van der Waals surface area contributed by atoms with Gasteiger partial charge in [0.25, 0.3) is 0 Å². The first-order chi connectivity index (χ1) is 10.4. The molecule has 0 heterocycles. The van der Waals surface area contributed by atoms with Crippen molar-refractivity contribution in [2.24, 2.45) is 34.3 Å². The van der Waals surface area contributed by atoms with Crippen LogP contribution in [0, 0.1) is 28.6 Å². The zero-order valence-corrected chi connectivity index (χ0v) is 15.0. The van der Waals surface area contributed by atoms with Crippen molar-refractivity contribution in [3.63, 3.8) is 0 Å². The van der Waals surface area contributed by atoms with Crippen LogP contribution in [0.2, 0.25) is 0 Å². The van der Waals surface area contributed by atoms with Gasteiger partial charge in [0.15, 0.2) is 0 Å². The largest absolute Gasteiger partial charge is 0.325 e. The third-order valence-corrected chi connectivity index (χ3v) is 9.08. The van der Waals surface area contributed by atoms with Gasteiger partial charge in [-0.2, -0.15) is 0 Å². The molecule has 4 saturated carbocycles. The normalized spacial score (nSPS) is 56.4. The predicted molar refractivity (Wildman–Crippen MR) is 93.5 cm³/mol. The number of nitrogens with two attached hydrogens (primary N) is 1. The van der Waals surface area contributed by atoms with Crippen molar-refractivity contribution in [2.75, 3.05) is 0 Å². The molecule has 0 aromatic heterocycles. The molecule has 6 atom stereocenters. The summed E-state index contributed by atoms with van der Waals surface area (Å²) in [5.74, 6) is 2.80. The Morgan fingerprint density at radius 1 is 0.955 bits per heavy atom. The van der Waals surface area contributed by atoms with Gasteiger partial charge in [-0.05, 0) is 86.9 Å². The Bertz CT molecular complexity index is 494. The van der Waals surface area contributed by atoms with Gasteiger partial charge < -0.3 is 5.73 Å². The Labute approximate surface area is 137 Å². The van der Waals surface area contributed by atoms with Crippen LogP contribution >= 0.6 is 0 Å². The molecule has 0 aromatic carbocycles. The van der Waals surface area contributed by atoms with Crippen LogP contribution in [0.4, 0.5) is 0 Å². The highest BCUT2D eigenvalue weighted by atomic mass is 14.8. The molecule has 4 aliphatic rings. The van der Waals surface area contributed by atoms with Crippen molar-refractivity contribution < 1.29 is 0 Å². The van der Waals surface area contributed by atoms with E-state index in [1.165, 1.54) is 64.2 Å². The van der Waals surface area contributed by atoms with Crippen LogP contribution in [0.5, 0.6) is 0 Å². The SMILES string of the molecule is C/C=C1/CCC2C3CCC4(N)CCCCC4(C)C3CCC12C. The standard InChI is InChI=1S/C21H35N/c1-4-15-7-8-17-16-9-14-21(22)12-6-5-11-20(21,3)18(16)10-13-19(15,17)2/h4,16-18H,5-14,22H2,1-3H3/b15-4-. The highest BCUT2D eigenvalue weighted by molar-refractivity contribution is 5.24. The van der Waals surface area contributed by atoms with Crippen molar-refractivity contribution in [2.45, 2.75) is 90.5 Å². The lowest BCUT2D eigenvalue weighted by Crippen LogP contribution is -2.65. The minimum Gasteiger partial charge on any atom is -0.325 e. The Morgan fingerprint density at radius 3 is 2.50 bits per heavy atom. The quantitative estimate of drug-likeness (QED) is 0.592. The van der Waals surface area contributed by atoms with E-state index in [0.29, 0.717) is 10.8 Å². The van der Waals surface area contributed by atoms with Crippen molar-refractivity contribution in [3.8, 4) is 0 Å². The third kappa shape index (κ3) is 1.75. The molecule has 2 N–H and O–H groups in total. The summed E-state index contributed by atoms with van der Waals surface area (Å²) in [6.45, 7) is 7.43. The Balaban J connectivity index is 1.69. The van der Waals surface area contributed by atoms with Gasteiger partial charge in [-0.25, -0.2) is 0 Å². The van der Waals surface area contributed by atoms with E-state index in [-0.39, 0.29) is 5.54 Å². The number of hydrogen-bond donors (Lipinski definition) is 1. The summed E-state index contributed by atoms with van der Waals surface area (Å²) in [7, 11) is 0. The van der Waals surface area contributed by atoms with Crippen LogP contribution < -0.4 is 5.73 Å². The molecule has 4 aliphatic carbocycles. The van der Waals surface area contributed by atoms with Crippen molar-refractivity contribution in [3.05, 3.63) is 11.6 Å². The van der Waals surface area contributed by atoms with Crippen LogP contribution in [-0.4, -0.2) is 5.54 Å². The van der Waals surface area contributed by atoms with Crippen LogP contribution in [0.1, 0.15) is 85.0 Å². The topological polar surface area (TPSA) is 26.0 Å². The summed E-state index contributed by atoms with van der Waals surface area (Å²) < 4.78 is 0. The van der Waals surface area contributed by atoms with E-state index in [1.54, 1.807) is 5.57 Å². The zero-order valence-electron chi connectivity index (χ0n) is 15.0. The molecule has 1 nitrogen and oxygen atoms in total. The first-order valence-corrected chi connectivity index (χ1v) is 9.89. The third-order valence-electron chi connectivity index (χ3n) is 9.08. The minimum atomic E-state index is 0.155. The van der Waals surface area contributed by atoms with Gasteiger partial charge >= 0.3 is 0 Å². The molecule has 1 heteroatoms. The van der Waals surface area contributed by atoms with E-state index >= 15 is 0 Å². The molecule has 22 heavy (non-hydrogen) atoms. The fourth-order valence-corrected chi connectivity index (χ4v) is 7.66. The average Bonchev–Trinajstić information content (AvgIpc) is 2.84. The zero-order chi connectivity index (χ0) is 15.6. The second kappa shape index (κ2) is 4.85. The van der Waals surface area contributed by atoms with E-state index < -0.39 is 0 Å². The summed E-state index contributed by atoms with van der Waals surface area (Å²) in [4.78, 5) is 0. The molecule has 4 fully saturated rings. The molecule has 4 rings (SSSR count). The molecule has 0 saturated heterocycles. The second-order valence-corrected chi connectivity index (χ2v) is 9.50.